The molecule has 1 aromatic heterocycles. The Hall–Kier alpha value is -4.32. The van der Waals surface area contributed by atoms with Crippen LogP contribution in [0.25, 0.3) is 22.4 Å². The molecule has 0 fully saturated rings. The summed E-state index contributed by atoms with van der Waals surface area (Å²) in [5.41, 5.74) is 2.50. The number of carbonyl (C=O) groups excluding carboxylic acids is 1. The summed E-state index contributed by atoms with van der Waals surface area (Å²) in [6, 6.07) is 24.6. The number of ketones is 1. The smallest absolute Gasteiger partial charge is 0.304 e. The minimum absolute atomic E-state index is 0.203. The van der Waals surface area contributed by atoms with Crippen LogP contribution in [-0.2, 0) is 0 Å². The van der Waals surface area contributed by atoms with Crippen LogP contribution in [0.15, 0.2) is 84.9 Å². The molecule has 0 aliphatic rings. The summed E-state index contributed by atoms with van der Waals surface area (Å²) in [6.45, 7) is 1.71. The van der Waals surface area contributed by atoms with Crippen molar-refractivity contribution in [2.45, 2.75) is 6.92 Å². The maximum atomic E-state index is 13.5. The molecule has 0 saturated heterocycles. The van der Waals surface area contributed by atoms with Crippen molar-refractivity contribution in [3.8, 4) is 28.1 Å². The van der Waals surface area contributed by atoms with Gasteiger partial charge in [0.2, 0.25) is 0 Å². The first kappa shape index (κ1) is 20.9. The standard InChI is InChI=1S/C26H20N2O4/c1-17-22(26(29)20-11-7-4-8-12-20)23(18-13-15-21(32-2)16-14-18)25(28(30)31)24(27-17)19-9-5-3-6-10-19/h3-16H,1-2H3. The maximum Gasteiger partial charge on any atom is 0.304 e. The second-order valence-electron chi connectivity index (χ2n) is 7.19. The summed E-state index contributed by atoms with van der Waals surface area (Å²) < 4.78 is 5.23. The van der Waals surface area contributed by atoms with E-state index in [0.29, 0.717) is 28.1 Å². The number of carbonyl (C=O) groups is 1. The fourth-order valence-electron chi connectivity index (χ4n) is 3.72. The minimum Gasteiger partial charge on any atom is -0.497 e. The molecular weight excluding hydrogens is 404 g/mol. The van der Waals surface area contributed by atoms with E-state index in [2.05, 4.69) is 4.98 Å². The second kappa shape index (κ2) is 8.81. The van der Waals surface area contributed by atoms with Crippen LogP contribution >= 0.6 is 0 Å². The summed E-state index contributed by atoms with van der Waals surface area (Å²) in [7, 11) is 1.55. The van der Waals surface area contributed by atoms with Gasteiger partial charge in [-0.15, -0.1) is 0 Å². The lowest BCUT2D eigenvalue weighted by molar-refractivity contribution is -0.383. The van der Waals surface area contributed by atoms with Gasteiger partial charge in [0.25, 0.3) is 0 Å². The van der Waals surface area contributed by atoms with E-state index in [0.717, 1.165) is 0 Å². The molecule has 0 spiro atoms. The van der Waals surface area contributed by atoms with Crippen molar-refractivity contribution in [1.82, 2.24) is 4.98 Å². The van der Waals surface area contributed by atoms with E-state index in [1.54, 1.807) is 86.8 Å². The fraction of sp³-hybridized carbons (Fsp3) is 0.0769. The summed E-state index contributed by atoms with van der Waals surface area (Å²) in [4.78, 5) is 30.0. The third kappa shape index (κ3) is 3.86. The van der Waals surface area contributed by atoms with E-state index in [-0.39, 0.29) is 28.3 Å². The molecule has 3 aromatic carbocycles. The monoisotopic (exact) mass is 424 g/mol. The topological polar surface area (TPSA) is 82.3 Å². The van der Waals surface area contributed by atoms with Gasteiger partial charge < -0.3 is 4.74 Å². The Morgan fingerprint density at radius 2 is 1.47 bits per heavy atom. The Morgan fingerprint density at radius 3 is 2.03 bits per heavy atom. The van der Waals surface area contributed by atoms with E-state index in [4.69, 9.17) is 4.74 Å². The quantitative estimate of drug-likeness (QED) is 0.220. The third-order valence-corrected chi connectivity index (χ3v) is 5.22. The largest absolute Gasteiger partial charge is 0.497 e. The zero-order valence-corrected chi connectivity index (χ0v) is 17.6. The van der Waals surface area contributed by atoms with Crippen LogP contribution in [0.2, 0.25) is 0 Å². The Morgan fingerprint density at radius 1 is 0.875 bits per heavy atom. The average Bonchev–Trinajstić information content (AvgIpc) is 2.84. The molecule has 0 radical (unpaired) electrons. The fourth-order valence-corrected chi connectivity index (χ4v) is 3.72. The molecule has 0 N–H and O–H groups in total. The van der Waals surface area contributed by atoms with Crippen molar-refractivity contribution in [2.75, 3.05) is 7.11 Å². The lowest BCUT2D eigenvalue weighted by Crippen LogP contribution is -2.11. The van der Waals surface area contributed by atoms with Crippen molar-refractivity contribution in [3.63, 3.8) is 0 Å². The minimum atomic E-state index is -0.462. The summed E-state index contributed by atoms with van der Waals surface area (Å²) in [6.07, 6.45) is 0. The molecule has 0 bridgehead atoms. The predicted molar refractivity (Wildman–Crippen MR) is 123 cm³/mol. The molecule has 32 heavy (non-hydrogen) atoms. The zero-order chi connectivity index (χ0) is 22.7. The Bertz CT molecular complexity index is 1290. The Kier molecular flexibility index (Phi) is 5.77. The molecule has 4 rings (SSSR count). The van der Waals surface area contributed by atoms with Gasteiger partial charge in [-0.05, 0) is 24.6 Å². The van der Waals surface area contributed by atoms with Crippen LogP contribution in [0.1, 0.15) is 21.6 Å². The van der Waals surface area contributed by atoms with E-state index < -0.39 is 4.92 Å². The average molecular weight is 424 g/mol. The van der Waals surface area contributed by atoms with Gasteiger partial charge in [0.05, 0.1) is 28.9 Å². The molecule has 0 aliphatic carbocycles. The summed E-state index contributed by atoms with van der Waals surface area (Å²) in [5, 5.41) is 12.4. The molecule has 0 atom stereocenters. The molecule has 6 heteroatoms. The highest BCUT2D eigenvalue weighted by molar-refractivity contribution is 6.15. The number of benzene rings is 3. The van der Waals surface area contributed by atoms with Crippen molar-refractivity contribution in [1.29, 1.82) is 0 Å². The van der Waals surface area contributed by atoms with Crippen LogP contribution in [0.3, 0.4) is 0 Å². The van der Waals surface area contributed by atoms with E-state index >= 15 is 0 Å². The number of ether oxygens (including phenoxy) is 1. The van der Waals surface area contributed by atoms with Gasteiger partial charge in [0.15, 0.2) is 5.78 Å². The number of aromatic nitrogens is 1. The number of aryl methyl sites for hydroxylation is 1. The molecule has 158 valence electrons. The first-order valence-corrected chi connectivity index (χ1v) is 10.00. The normalized spacial score (nSPS) is 10.6. The number of nitrogens with zero attached hydrogens (tertiary/aromatic N) is 2. The number of methoxy groups -OCH3 is 1. The first-order valence-electron chi connectivity index (χ1n) is 10.00. The first-order chi connectivity index (χ1) is 15.5. The van der Waals surface area contributed by atoms with Crippen molar-refractivity contribution < 1.29 is 14.5 Å². The van der Waals surface area contributed by atoms with Gasteiger partial charge in [-0.1, -0.05) is 72.8 Å². The molecule has 4 aromatic rings. The number of hydrogen-bond acceptors (Lipinski definition) is 5. The van der Waals surface area contributed by atoms with Crippen molar-refractivity contribution in [2.24, 2.45) is 0 Å². The predicted octanol–water partition coefficient (Wildman–Crippen LogP) is 5.87. The SMILES string of the molecule is COc1ccc(-c2c(C(=O)c3ccccc3)c(C)nc(-c3ccccc3)c2[N+](=O)[O-])cc1. The molecule has 6 nitrogen and oxygen atoms in total. The molecule has 0 amide bonds. The number of nitro groups is 1. The van der Waals surface area contributed by atoms with Crippen LogP contribution in [-0.4, -0.2) is 22.8 Å². The van der Waals surface area contributed by atoms with Gasteiger partial charge >= 0.3 is 5.69 Å². The van der Waals surface area contributed by atoms with Crippen LogP contribution in [0, 0.1) is 17.0 Å². The molecular formula is C26H20N2O4. The van der Waals surface area contributed by atoms with Gasteiger partial charge in [0.1, 0.15) is 11.4 Å². The summed E-state index contributed by atoms with van der Waals surface area (Å²) in [5.74, 6) is 0.297. The summed E-state index contributed by atoms with van der Waals surface area (Å²) >= 11 is 0. The zero-order valence-electron chi connectivity index (χ0n) is 17.6. The molecule has 0 aliphatic heterocycles. The van der Waals surface area contributed by atoms with Crippen molar-refractivity contribution >= 4 is 11.5 Å². The molecule has 1 heterocycles. The highest BCUT2D eigenvalue weighted by Gasteiger charge is 2.31. The Labute approximate surface area is 185 Å². The lowest BCUT2D eigenvalue weighted by Gasteiger charge is -2.16. The molecule has 0 unspecified atom stereocenters. The highest BCUT2D eigenvalue weighted by atomic mass is 16.6. The van der Waals surface area contributed by atoms with Gasteiger partial charge in [-0.3, -0.25) is 14.9 Å². The lowest BCUT2D eigenvalue weighted by atomic mass is 9.90. The third-order valence-electron chi connectivity index (χ3n) is 5.22. The highest BCUT2D eigenvalue weighted by Crippen LogP contribution is 2.42. The Balaban J connectivity index is 2.08. The van der Waals surface area contributed by atoms with Gasteiger partial charge in [-0.2, -0.15) is 0 Å². The molecule has 0 saturated carbocycles. The van der Waals surface area contributed by atoms with Crippen LogP contribution in [0.5, 0.6) is 5.75 Å². The van der Waals surface area contributed by atoms with E-state index in [1.807, 2.05) is 12.1 Å². The van der Waals surface area contributed by atoms with E-state index in [1.165, 1.54) is 0 Å². The number of hydrogen-bond donors (Lipinski definition) is 0. The number of pyridine rings is 1. The van der Waals surface area contributed by atoms with Gasteiger partial charge in [0, 0.05) is 11.1 Å². The van der Waals surface area contributed by atoms with E-state index in [9.17, 15) is 14.9 Å². The number of rotatable bonds is 6. The van der Waals surface area contributed by atoms with Crippen molar-refractivity contribution in [3.05, 3.63) is 112 Å². The maximum absolute atomic E-state index is 13.5. The van der Waals surface area contributed by atoms with Crippen LogP contribution in [0.4, 0.5) is 5.69 Å². The van der Waals surface area contributed by atoms with Crippen LogP contribution < -0.4 is 4.74 Å². The van der Waals surface area contributed by atoms with Gasteiger partial charge in [-0.25, -0.2) is 4.98 Å². The second-order valence-corrected chi connectivity index (χ2v) is 7.19.